The number of carbonyl (C=O) groups is 1. The van der Waals surface area contributed by atoms with Crippen LogP contribution in [-0.4, -0.2) is 31.7 Å². The van der Waals surface area contributed by atoms with Gasteiger partial charge in [0.2, 0.25) is 5.78 Å². The summed E-state index contributed by atoms with van der Waals surface area (Å²) in [6, 6.07) is 16.9. The molecule has 0 saturated heterocycles. The van der Waals surface area contributed by atoms with Crippen LogP contribution >= 0.6 is 11.6 Å². The van der Waals surface area contributed by atoms with Crippen LogP contribution in [0, 0.1) is 5.82 Å². The van der Waals surface area contributed by atoms with E-state index in [-0.39, 0.29) is 29.3 Å². The zero-order chi connectivity index (χ0) is 24.5. The molecule has 0 aliphatic heterocycles. The number of fused-ring (bicyclic) bond motifs is 3. The molecule has 2 heterocycles. The molecule has 3 aromatic carbocycles. The van der Waals surface area contributed by atoms with E-state index in [4.69, 9.17) is 21.1 Å². The third-order valence-corrected chi connectivity index (χ3v) is 5.60. The van der Waals surface area contributed by atoms with Crippen LogP contribution in [0.15, 0.2) is 71.5 Å². The van der Waals surface area contributed by atoms with Crippen molar-refractivity contribution in [3.05, 3.63) is 99.3 Å². The van der Waals surface area contributed by atoms with E-state index in [0.717, 1.165) is 0 Å². The molecule has 0 bridgehead atoms. The third kappa shape index (κ3) is 4.22. The van der Waals surface area contributed by atoms with Crippen molar-refractivity contribution >= 4 is 34.3 Å². The molecule has 0 unspecified atom stereocenters. The molecule has 176 valence electrons. The van der Waals surface area contributed by atoms with Gasteiger partial charge in [-0.2, -0.15) is 0 Å². The van der Waals surface area contributed by atoms with Gasteiger partial charge in [-0.15, -0.1) is 10.2 Å². The van der Waals surface area contributed by atoms with Gasteiger partial charge in [0, 0.05) is 5.02 Å². The molecule has 10 heteroatoms. The Morgan fingerprint density at radius 3 is 2.49 bits per heavy atom. The highest BCUT2D eigenvalue weighted by Crippen LogP contribution is 2.23. The molecule has 0 spiro atoms. The minimum atomic E-state index is -0.649. The normalized spacial score (nSPS) is 11.2. The monoisotopic (exact) mass is 492 g/mol. The first-order chi connectivity index (χ1) is 17.0. The number of rotatable bonds is 6. The Morgan fingerprint density at radius 1 is 1.03 bits per heavy atom. The number of nitrogens with zero attached hydrogens (tertiary/aromatic N) is 4. The summed E-state index contributed by atoms with van der Waals surface area (Å²) >= 11 is 6.22. The fourth-order valence-electron chi connectivity index (χ4n) is 3.76. The van der Waals surface area contributed by atoms with Gasteiger partial charge in [-0.1, -0.05) is 11.6 Å². The van der Waals surface area contributed by atoms with E-state index in [1.54, 1.807) is 46.9 Å². The van der Waals surface area contributed by atoms with Gasteiger partial charge >= 0.3 is 5.97 Å². The number of carbonyl (C=O) groups excluding carboxylic acids is 1. The summed E-state index contributed by atoms with van der Waals surface area (Å²) in [6.45, 7) is 2.17. The van der Waals surface area contributed by atoms with Crippen molar-refractivity contribution in [2.75, 3.05) is 6.61 Å². The van der Waals surface area contributed by atoms with Crippen molar-refractivity contribution in [1.29, 1.82) is 0 Å². The topological polar surface area (TPSA) is 87.7 Å². The summed E-state index contributed by atoms with van der Waals surface area (Å²) in [4.78, 5) is 25.9. The molecular weight excluding hydrogens is 475 g/mol. The SMILES string of the molecule is CCOc1ccc(-n2c(=O)c3ccc(Cl)cc3n3c(COC(=O)c4ccc(F)cc4)nnc23)cc1. The molecule has 0 aliphatic carbocycles. The maximum atomic E-state index is 13.4. The van der Waals surface area contributed by atoms with Crippen LogP contribution < -0.4 is 10.3 Å². The van der Waals surface area contributed by atoms with E-state index in [0.29, 0.717) is 34.0 Å². The first-order valence-electron chi connectivity index (χ1n) is 10.7. The lowest BCUT2D eigenvalue weighted by Gasteiger charge is -2.12. The second-order valence-electron chi connectivity index (χ2n) is 7.56. The molecule has 0 N–H and O–H groups in total. The predicted octanol–water partition coefficient (Wildman–Crippen LogP) is 4.58. The lowest BCUT2D eigenvalue weighted by atomic mass is 10.2. The van der Waals surface area contributed by atoms with Crippen LogP contribution in [0.3, 0.4) is 0 Å². The van der Waals surface area contributed by atoms with Gasteiger partial charge < -0.3 is 9.47 Å². The van der Waals surface area contributed by atoms with E-state index in [1.165, 1.54) is 28.8 Å². The summed E-state index contributed by atoms with van der Waals surface area (Å²) in [5.74, 6) is 0.0662. The van der Waals surface area contributed by atoms with E-state index < -0.39 is 11.8 Å². The van der Waals surface area contributed by atoms with Gasteiger partial charge in [-0.25, -0.2) is 13.8 Å². The van der Waals surface area contributed by atoms with Crippen molar-refractivity contribution in [2.45, 2.75) is 13.5 Å². The Labute approximate surface area is 203 Å². The summed E-state index contributed by atoms with van der Waals surface area (Å²) in [6.07, 6.45) is 0. The highest BCUT2D eigenvalue weighted by Gasteiger charge is 2.19. The van der Waals surface area contributed by atoms with Gasteiger partial charge in [0.15, 0.2) is 12.4 Å². The zero-order valence-electron chi connectivity index (χ0n) is 18.4. The lowest BCUT2D eigenvalue weighted by molar-refractivity contribution is 0.0461. The second kappa shape index (κ2) is 9.19. The van der Waals surface area contributed by atoms with Crippen molar-refractivity contribution in [1.82, 2.24) is 19.2 Å². The van der Waals surface area contributed by atoms with Gasteiger partial charge in [-0.3, -0.25) is 9.20 Å². The molecule has 5 rings (SSSR count). The molecule has 0 atom stereocenters. The maximum absolute atomic E-state index is 13.4. The zero-order valence-corrected chi connectivity index (χ0v) is 19.2. The summed E-state index contributed by atoms with van der Waals surface area (Å²) < 4.78 is 27.1. The Kier molecular flexibility index (Phi) is 5.92. The molecule has 35 heavy (non-hydrogen) atoms. The van der Waals surface area contributed by atoms with Crippen LogP contribution in [0.2, 0.25) is 5.02 Å². The first kappa shape index (κ1) is 22.5. The van der Waals surface area contributed by atoms with E-state index >= 15 is 0 Å². The molecule has 0 saturated carbocycles. The van der Waals surface area contributed by atoms with Gasteiger partial charge in [0.05, 0.1) is 28.8 Å². The fraction of sp³-hybridized carbons (Fsp3) is 0.120. The molecule has 0 fully saturated rings. The minimum Gasteiger partial charge on any atom is -0.494 e. The molecule has 0 aliphatic rings. The summed E-state index contributed by atoms with van der Waals surface area (Å²) in [5.41, 5.74) is 0.912. The summed E-state index contributed by atoms with van der Waals surface area (Å²) in [5, 5.41) is 9.19. The van der Waals surface area contributed by atoms with E-state index in [9.17, 15) is 14.0 Å². The number of hydrogen-bond donors (Lipinski definition) is 0. The largest absolute Gasteiger partial charge is 0.494 e. The number of hydrogen-bond acceptors (Lipinski definition) is 6. The summed E-state index contributed by atoms with van der Waals surface area (Å²) in [7, 11) is 0. The van der Waals surface area contributed by atoms with Crippen LogP contribution in [0.1, 0.15) is 23.1 Å². The standard InChI is InChI=1S/C25H18ClFN4O4/c1-2-34-19-10-8-18(9-11-19)30-23(32)20-12-5-16(26)13-21(20)31-22(28-29-25(30)31)14-35-24(33)15-3-6-17(27)7-4-15/h3-13H,2,14H2,1H3. The van der Waals surface area contributed by atoms with E-state index in [1.807, 2.05) is 6.92 Å². The average Bonchev–Trinajstić information content (AvgIpc) is 3.28. The fourth-order valence-corrected chi connectivity index (χ4v) is 3.93. The Hall–Kier alpha value is -4.24. The number of benzene rings is 3. The van der Waals surface area contributed by atoms with Gasteiger partial charge in [-0.05, 0) is 73.7 Å². The number of esters is 1. The third-order valence-electron chi connectivity index (χ3n) is 5.37. The molecule has 8 nitrogen and oxygen atoms in total. The number of ether oxygens (including phenoxy) is 2. The molecule has 2 aromatic heterocycles. The Morgan fingerprint density at radius 2 is 1.77 bits per heavy atom. The van der Waals surface area contributed by atoms with Gasteiger partial charge in [0.25, 0.3) is 5.56 Å². The van der Waals surface area contributed by atoms with Crippen LogP contribution in [0.4, 0.5) is 4.39 Å². The first-order valence-corrected chi connectivity index (χ1v) is 11.1. The Bertz CT molecular complexity index is 1610. The van der Waals surface area contributed by atoms with Crippen LogP contribution in [0.25, 0.3) is 22.4 Å². The average molecular weight is 493 g/mol. The van der Waals surface area contributed by atoms with Crippen molar-refractivity contribution < 1.29 is 18.7 Å². The second-order valence-corrected chi connectivity index (χ2v) is 8.00. The molecule has 5 aromatic rings. The van der Waals surface area contributed by atoms with Gasteiger partial charge in [0.1, 0.15) is 11.6 Å². The Balaban J connectivity index is 1.62. The highest BCUT2D eigenvalue weighted by molar-refractivity contribution is 6.31. The molecule has 0 amide bonds. The quantitative estimate of drug-likeness (QED) is 0.322. The van der Waals surface area contributed by atoms with E-state index in [2.05, 4.69) is 10.2 Å². The van der Waals surface area contributed by atoms with Crippen molar-refractivity contribution in [3.8, 4) is 11.4 Å². The number of aromatic nitrogens is 4. The molecular formula is C25H18ClFN4O4. The van der Waals surface area contributed by atoms with Crippen molar-refractivity contribution in [2.24, 2.45) is 0 Å². The van der Waals surface area contributed by atoms with Crippen molar-refractivity contribution in [3.63, 3.8) is 0 Å². The maximum Gasteiger partial charge on any atom is 0.338 e. The minimum absolute atomic E-state index is 0.194. The lowest BCUT2D eigenvalue weighted by Crippen LogP contribution is -2.22. The number of halogens is 2. The smallest absolute Gasteiger partial charge is 0.338 e. The van der Waals surface area contributed by atoms with Crippen LogP contribution in [-0.2, 0) is 11.3 Å². The highest BCUT2D eigenvalue weighted by atomic mass is 35.5. The predicted molar refractivity (Wildman–Crippen MR) is 128 cm³/mol. The van der Waals surface area contributed by atoms with Crippen LogP contribution in [0.5, 0.6) is 5.75 Å². The molecule has 0 radical (unpaired) electrons.